The number of hydrogen-bond acceptors (Lipinski definition) is 4. The first-order valence-corrected chi connectivity index (χ1v) is 7.10. The fraction of sp³-hybridized carbons (Fsp3) is 0.200. The van der Waals surface area contributed by atoms with Crippen LogP contribution in [0.1, 0.15) is 27.8 Å². The molecule has 0 fully saturated rings. The molecule has 0 amide bonds. The molecule has 1 N–H and O–H groups in total. The molecule has 1 aromatic carbocycles. The van der Waals surface area contributed by atoms with Gasteiger partial charge in [0.2, 0.25) is 0 Å². The summed E-state index contributed by atoms with van der Waals surface area (Å²) in [4.78, 5) is 25.6. The van der Waals surface area contributed by atoms with E-state index >= 15 is 0 Å². The highest BCUT2D eigenvalue weighted by atomic mass is 79.9. The summed E-state index contributed by atoms with van der Waals surface area (Å²) in [7, 11) is 0. The summed E-state index contributed by atoms with van der Waals surface area (Å²) in [6, 6.07) is 8.86. The molecule has 1 aromatic heterocycles. The first kappa shape index (κ1) is 15.3. The number of halogens is 1. The van der Waals surface area contributed by atoms with Crippen molar-refractivity contribution in [1.29, 1.82) is 0 Å². The number of ether oxygens (including phenoxy) is 2. The summed E-state index contributed by atoms with van der Waals surface area (Å²) in [5.41, 5.74) is 0.704. The molecule has 110 valence electrons. The summed E-state index contributed by atoms with van der Waals surface area (Å²) in [6.45, 7) is 1.81. The SMILES string of the molecule is CC(=O)c1c[nH]c(C(=O)OCCOc2cccc(Br)c2)c1. The normalized spacial score (nSPS) is 10.2. The van der Waals surface area contributed by atoms with E-state index in [4.69, 9.17) is 9.47 Å². The van der Waals surface area contributed by atoms with Crippen molar-refractivity contribution in [2.24, 2.45) is 0 Å². The van der Waals surface area contributed by atoms with E-state index in [-0.39, 0.29) is 24.7 Å². The zero-order valence-electron chi connectivity index (χ0n) is 11.4. The molecule has 21 heavy (non-hydrogen) atoms. The predicted octanol–water partition coefficient (Wildman–Crippen LogP) is 3.22. The number of aromatic nitrogens is 1. The molecule has 0 atom stereocenters. The Balaban J connectivity index is 1.77. The van der Waals surface area contributed by atoms with Gasteiger partial charge in [0.15, 0.2) is 5.78 Å². The number of ketones is 1. The summed E-state index contributed by atoms with van der Waals surface area (Å²) in [6.07, 6.45) is 1.48. The van der Waals surface area contributed by atoms with Gasteiger partial charge in [-0.15, -0.1) is 0 Å². The Hall–Kier alpha value is -2.08. The Bertz CT molecular complexity index is 651. The maximum Gasteiger partial charge on any atom is 0.354 e. The predicted molar refractivity (Wildman–Crippen MR) is 80.7 cm³/mol. The molecule has 0 aliphatic heterocycles. The molecule has 6 heteroatoms. The highest BCUT2D eigenvalue weighted by molar-refractivity contribution is 9.10. The van der Waals surface area contributed by atoms with Gasteiger partial charge in [-0.3, -0.25) is 4.79 Å². The van der Waals surface area contributed by atoms with Crippen LogP contribution in [0.3, 0.4) is 0 Å². The van der Waals surface area contributed by atoms with E-state index in [0.29, 0.717) is 11.3 Å². The van der Waals surface area contributed by atoms with Crippen LogP contribution < -0.4 is 4.74 Å². The fourth-order valence-electron chi connectivity index (χ4n) is 1.64. The Morgan fingerprint density at radius 2 is 2.05 bits per heavy atom. The maximum absolute atomic E-state index is 11.7. The lowest BCUT2D eigenvalue weighted by atomic mass is 10.2. The third kappa shape index (κ3) is 4.46. The van der Waals surface area contributed by atoms with Crippen molar-refractivity contribution in [3.05, 3.63) is 52.3 Å². The average molecular weight is 352 g/mol. The van der Waals surface area contributed by atoms with Crippen molar-refractivity contribution in [1.82, 2.24) is 4.98 Å². The molecule has 5 nitrogen and oxygen atoms in total. The molecule has 0 spiro atoms. The van der Waals surface area contributed by atoms with E-state index < -0.39 is 5.97 Å². The highest BCUT2D eigenvalue weighted by Gasteiger charge is 2.11. The standard InChI is InChI=1S/C15H14BrNO4/c1-10(18)11-7-14(17-9-11)15(19)21-6-5-20-13-4-2-3-12(16)8-13/h2-4,7-9,17H,5-6H2,1H3. The monoisotopic (exact) mass is 351 g/mol. The van der Waals surface area contributed by atoms with Gasteiger partial charge in [0.25, 0.3) is 0 Å². The van der Waals surface area contributed by atoms with E-state index in [1.54, 1.807) is 0 Å². The van der Waals surface area contributed by atoms with Crippen LogP contribution in [-0.4, -0.2) is 30.0 Å². The Morgan fingerprint density at radius 3 is 2.71 bits per heavy atom. The number of nitrogens with one attached hydrogen (secondary N) is 1. The van der Waals surface area contributed by atoms with E-state index in [2.05, 4.69) is 20.9 Å². The smallest absolute Gasteiger partial charge is 0.354 e. The summed E-state index contributed by atoms with van der Waals surface area (Å²) < 4.78 is 11.4. The number of carbonyl (C=O) groups is 2. The van der Waals surface area contributed by atoms with Gasteiger partial charge < -0.3 is 14.5 Å². The van der Waals surface area contributed by atoms with Gasteiger partial charge in [0.1, 0.15) is 24.7 Å². The molecule has 0 bridgehead atoms. The minimum atomic E-state index is -0.514. The second-order valence-electron chi connectivity index (χ2n) is 4.30. The van der Waals surface area contributed by atoms with Gasteiger partial charge >= 0.3 is 5.97 Å². The zero-order valence-corrected chi connectivity index (χ0v) is 13.0. The van der Waals surface area contributed by atoms with Crippen LogP contribution in [0, 0.1) is 0 Å². The molecule has 0 radical (unpaired) electrons. The van der Waals surface area contributed by atoms with Gasteiger partial charge in [-0.2, -0.15) is 0 Å². The van der Waals surface area contributed by atoms with Crippen LogP contribution in [0.4, 0.5) is 0 Å². The molecule has 0 aliphatic rings. The number of aromatic amines is 1. The third-order valence-electron chi connectivity index (χ3n) is 2.69. The fourth-order valence-corrected chi connectivity index (χ4v) is 2.02. The second-order valence-corrected chi connectivity index (χ2v) is 5.22. The number of rotatable bonds is 6. The van der Waals surface area contributed by atoms with Crippen molar-refractivity contribution in [2.75, 3.05) is 13.2 Å². The molecule has 0 unspecified atom stereocenters. The van der Waals surface area contributed by atoms with E-state index in [1.807, 2.05) is 24.3 Å². The van der Waals surface area contributed by atoms with Gasteiger partial charge in [0.05, 0.1) is 0 Å². The van der Waals surface area contributed by atoms with Crippen LogP contribution in [0.2, 0.25) is 0 Å². The lowest BCUT2D eigenvalue weighted by molar-refractivity contribution is 0.0444. The first-order valence-electron chi connectivity index (χ1n) is 6.31. The van der Waals surface area contributed by atoms with Crippen LogP contribution in [0.5, 0.6) is 5.75 Å². The average Bonchev–Trinajstić information content (AvgIpc) is 2.93. The quantitative estimate of drug-likeness (QED) is 0.492. The number of carbonyl (C=O) groups excluding carboxylic acids is 2. The van der Waals surface area contributed by atoms with Crippen molar-refractivity contribution < 1.29 is 19.1 Å². The topological polar surface area (TPSA) is 68.4 Å². The second kappa shape index (κ2) is 7.08. The van der Waals surface area contributed by atoms with Gasteiger partial charge in [-0.25, -0.2) is 4.79 Å². The minimum absolute atomic E-state index is 0.108. The molecular formula is C15H14BrNO4. The minimum Gasteiger partial charge on any atom is -0.490 e. The molecule has 0 saturated heterocycles. The van der Waals surface area contributed by atoms with Crippen molar-refractivity contribution in [3.8, 4) is 5.75 Å². The van der Waals surface area contributed by atoms with Crippen LogP contribution in [-0.2, 0) is 4.74 Å². The van der Waals surface area contributed by atoms with Crippen molar-refractivity contribution >= 4 is 27.7 Å². The number of hydrogen-bond donors (Lipinski definition) is 1. The number of esters is 1. The molecular weight excluding hydrogens is 338 g/mol. The summed E-state index contributed by atoms with van der Waals surface area (Å²) in [5.74, 6) is 0.0720. The van der Waals surface area contributed by atoms with Crippen LogP contribution in [0.15, 0.2) is 41.0 Å². The molecule has 1 heterocycles. The third-order valence-corrected chi connectivity index (χ3v) is 3.18. The summed E-state index contributed by atoms with van der Waals surface area (Å²) >= 11 is 3.34. The Kier molecular flexibility index (Phi) is 5.16. The van der Waals surface area contributed by atoms with E-state index in [1.165, 1.54) is 19.2 Å². The first-order chi connectivity index (χ1) is 10.1. The molecule has 0 aliphatic carbocycles. The number of benzene rings is 1. The Labute approximate surface area is 130 Å². The summed E-state index contributed by atoms with van der Waals surface area (Å²) in [5, 5.41) is 0. The number of Topliss-reactive ketones (excluding diaryl/α,β-unsaturated/α-hetero) is 1. The van der Waals surface area contributed by atoms with E-state index in [9.17, 15) is 9.59 Å². The van der Waals surface area contributed by atoms with E-state index in [0.717, 1.165) is 4.47 Å². The maximum atomic E-state index is 11.7. The highest BCUT2D eigenvalue weighted by Crippen LogP contribution is 2.17. The van der Waals surface area contributed by atoms with Crippen LogP contribution in [0.25, 0.3) is 0 Å². The van der Waals surface area contributed by atoms with Gasteiger partial charge in [-0.05, 0) is 31.2 Å². The molecule has 2 rings (SSSR count). The largest absolute Gasteiger partial charge is 0.490 e. The van der Waals surface area contributed by atoms with Gasteiger partial charge in [0, 0.05) is 16.2 Å². The molecule has 0 saturated carbocycles. The van der Waals surface area contributed by atoms with Crippen molar-refractivity contribution in [2.45, 2.75) is 6.92 Å². The lowest BCUT2D eigenvalue weighted by Crippen LogP contribution is -2.12. The van der Waals surface area contributed by atoms with Crippen LogP contribution >= 0.6 is 15.9 Å². The zero-order chi connectivity index (χ0) is 15.2. The van der Waals surface area contributed by atoms with Crippen molar-refractivity contribution in [3.63, 3.8) is 0 Å². The number of H-pyrrole nitrogens is 1. The molecule has 2 aromatic rings. The van der Waals surface area contributed by atoms with Gasteiger partial charge in [-0.1, -0.05) is 22.0 Å². The Morgan fingerprint density at radius 1 is 1.24 bits per heavy atom. The lowest BCUT2D eigenvalue weighted by Gasteiger charge is -2.07.